The van der Waals surface area contributed by atoms with Crippen molar-refractivity contribution in [3.05, 3.63) is 0 Å². The van der Waals surface area contributed by atoms with Gasteiger partial charge in [0.05, 0.1) is 6.61 Å². The second-order valence-electron chi connectivity index (χ2n) is 5.87. The van der Waals surface area contributed by atoms with Gasteiger partial charge in [-0.05, 0) is 19.3 Å². The molecule has 3 unspecified atom stereocenters. The van der Waals surface area contributed by atoms with Gasteiger partial charge in [-0.3, -0.25) is 4.79 Å². The van der Waals surface area contributed by atoms with Crippen LogP contribution in [0.3, 0.4) is 0 Å². The molecule has 3 aliphatic heterocycles. The maximum Gasteiger partial charge on any atom is 0.224 e. The summed E-state index contributed by atoms with van der Waals surface area (Å²) < 4.78 is 5.24. The first-order valence-corrected chi connectivity index (χ1v) is 7.01. The number of hydrogen-bond acceptors (Lipinski definition) is 4. The van der Waals surface area contributed by atoms with Crippen molar-refractivity contribution >= 4 is 5.91 Å². The van der Waals surface area contributed by atoms with Gasteiger partial charge in [-0.2, -0.15) is 0 Å². The van der Waals surface area contributed by atoms with E-state index in [1.165, 1.54) is 6.42 Å². The molecule has 0 aromatic carbocycles. The molecular formula is C13H22N2O3. The van der Waals surface area contributed by atoms with Crippen molar-refractivity contribution in [1.82, 2.24) is 10.2 Å². The number of nitrogens with zero attached hydrogens (tertiary/aromatic N) is 1. The molecule has 18 heavy (non-hydrogen) atoms. The highest BCUT2D eigenvalue weighted by Gasteiger charge is 2.42. The summed E-state index contributed by atoms with van der Waals surface area (Å²) in [5, 5.41) is 13.6. The minimum Gasteiger partial charge on any atom is -0.386 e. The Hall–Kier alpha value is -0.650. The van der Waals surface area contributed by atoms with Crippen molar-refractivity contribution in [2.24, 2.45) is 0 Å². The lowest BCUT2D eigenvalue weighted by molar-refractivity contribution is -0.129. The third-order valence-electron chi connectivity index (χ3n) is 4.50. The van der Waals surface area contributed by atoms with E-state index in [9.17, 15) is 9.90 Å². The van der Waals surface area contributed by atoms with Crippen molar-refractivity contribution in [3.8, 4) is 0 Å². The predicted molar refractivity (Wildman–Crippen MR) is 66.1 cm³/mol. The molecule has 1 amide bonds. The van der Waals surface area contributed by atoms with Crippen molar-refractivity contribution in [2.45, 2.75) is 49.8 Å². The molecule has 5 heteroatoms. The summed E-state index contributed by atoms with van der Waals surface area (Å²) in [6.07, 6.45) is 4.71. The standard InChI is InChI=1S/C13H22N2O3/c16-12-7-10(11-3-1-2-5-15(11)12)14-8-13(17)4-6-18-9-13/h10-11,14,17H,1-9H2. The minimum absolute atomic E-state index is 0.211. The number of carbonyl (C=O) groups is 1. The Bertz CT molecular complexity index is 328. The zero-order valence-electron chi connectivity index (χ0n) is 10.7. The molecule has 0 spiro atoms. The van der Waals surface area contributed by atoms with Crippen LogP contribution in [0.1, 0.15) is 32.1 Å². The Morgan fingerprint density at radius 2 is 2.39 bits per heavy atom. The molecule has 3 atom stereocenters. The van der Waals surface area contributed by atoms with Gasteiger partial charge < -0.3 is 20.1 Å². The summed E-state index contributed by atoms with van der Waals surface area (Å²) in [6, 6.07) is 0.555. The summed E-state index contributed by atoms with van der Waals surface area (Å²) in [7, 11) is 0. The molecule has 3 heterocycles. The third kappa shape index (κ3) is 2.27. The monoisotopic (exact) mass is 254 g/mol. The molecule has 3 rings (SSSR count). The smallest absolute Gasteiger partial charge is 0.224 e. The second-order valence-corrected chi connectivity index (χ2v) is 5.87. The fourth-order valence-corrected chi connectivity index (χ4v) is 3.39. The zero-order chi connectivity index (χ0) is 12.6. The Labute approximate surface area is 107 Å². The number of nitrogens with one attached hydrogen (secondary N) is 1. The lowest BCUT2D eigenvalue weighted by Gasteiger charge is -2.33. The first-order valence-electron chi connectivity index (χ1n) is 7.01. The third-order valence-corrected chi connectivity index (χ3v) is 4.50. The van der Waals surface area contributed by atoms with Crippen molar-refractivity contribution in [2.75, 3.05) is 26.3 Å². The Kier molecular flexibility index (Phi) is 3.30. The second kappa shape index (κ2) is 4.79. The van der Waals surface area contributed by atoms with E-state index in [1.54, 1.807) is 0 Å². The normalized spacial score (nSPS) is 40.3. The molecule has 2 N–H and O–H groups in total. The van der Waals surface area contributed by atoms with Gasteiger partial charge in [0.15, 0.2) is 0 Å². The highest BCUT2D eigenvalue weighted by atomic mass is 16.5. The molecule has 3 fully saturated rings. The van der Waals surface area contributed by atoms with Crippen molar-refractivity contribution in [1.29, 1.82) is 0 Å². The molecule has 0 saturated carbocycles. The predicted octanol–water partition coefficient (Wildman–Crippen LogP) is -0.119. The van der Waals surface area contributed by atoms with Crippen LogP contribution in [0.25, 0.3) is 0 Å². The zero-order valence-corrected chi connectivity index (χ0v) is 10.7. The highest BCUT2D eigenvalue weighted by molar-refractivity contribution is 5.80. The van der Waals surface area contributed by atoms with Gasteiger partial charge in [-0.25, -0.2) is 0 Å². The summed E-state index contributed by atoms with van der Waals surface area (Å²) >= 11 is 0. The van der Waals surface area contributed by atoms with E-state index in [1.807, 2.05) is 4.90 Å². The number of ether oxygens (including phenoxy) is 1. The molecule has 3 aliphatic rings. The minimum atomic E-state index is -0.731. The summed E-state index contributed by atoms with van der Waals surface area (Å²) in [4.78, 5) is 13.9. The van der Waals surface area contributed by atoms with Gasteiger partial charge in [-0.15, -0.1) is 0 Å². The molecule has 0 radical (unpaired) electrons. The van der Waals surface area contributed by atoms with E-state index in [2.05, 4.69) is 5.32 Å². The molecule has 5 nitrogen and oxygen atoms in total. The number of fused-ring (bicyclic) bond motifs is 1. The first-order chi connectivity index (χ1) is 8.68. The highest BCUT2D eigenvalue weighted by Crippen LogP contribution is 2.28. The summed E-state index contributed by atoms with van der Waals surface area (Å²) in [6.45, 7) is 2.50. The van der Waals surface area contributed by atoms with Crippen LogP contribution in [-0.4, -0.2) is 59.9 Å². The van der Waals surface area contributed by atoms with Gasteiger partial charge in [0.2, 0.25) is 5.91 Å². The Morgan fingerprint density at radius 1 is 1.50 bits per heavy atom. The Balaban J connectivity index is 1.58. The van der Waals surface area contributed by atoms with E-state index < -0.39 is 5.60 Å². The molecule has 102 valence electrons. The van der Waals surface area contributed by atoms with E-state index in [0.717, 1.165) is 19.4 Å². The van der Waals surface area contributed by atoms with Crippen LogP contribution in [0, 0.1) is 0 Å². The number of rotatable bonds is 3. The van der Waals surface area contributed by atoms with Crippen LogP contribution in [-0.2, 0) is 9.53 Å². The summed E-state index contributed by atoms with van der Waals surface area (Å²) in [5.74, 6) is 0.270. The van der Waals surface area contributed by atoms with Crippen LogP contribution in [0.2, 0.25) is 0 Å². The molecule has 3 saturated heterocycles. The number of aliphatic hydroxyl groups is 1. The Morgan fingerprint density at radius 3 is 3.17 bits per heavy atom. The lowest BCUT2D eigenvalue weighted by atomic mass is 9.97. The van der Waals surface area contributed by atoms with Crippen LogP contribution < -0.4 is 5.32 Å². The van der Waals surface area contributed by atoms with Crippen LogP contribution >= 0.6 is 0 Å². The SMILES string of the molecule is O=C1CC(NCC2(O)CCOC2)C2CCCCN12. The van der Waals surface area contributed by atoms with Crippen LogP contribution in [0.4, 0.5) is 0 Å². The van der Waals surface area contributed by atoms with Crippen molar-refractivity contribution in [3.63, 3.8) is 0 Å². The van der Waals surface area contributed by atoms with Gasteiger partial charge in [0.25, 0.3) is 0 Å². The average Bonchev–Trinajstić information content (AvgIpc) is 2.94. The average molecular weight is 254 g/mol. The fraction of sp³-hybridized carbons (Fsp3) is 0.923. The van der Waals surface area contributed by atoms with Gasteiger partial charge >= 0.3 is 0 Å². The maximum absolute atomic E-state index is 11.9. The molecule has 0 aromatic heterocycles. The van der Waals surface area contributed by atoms with E-state index >= 15 is 0 Å². The van der Waals surface area contributed by atoms with Gasteiger partial charge in [0.1, 0.15) is 5.60 Å². The number of piperidine rings is 1. The number of amides is 1. The molecular weight excluding hydrogens is 232 g/mol. The molecule has 0 aromatic rings. The van der Waals surface area contributed by atoms with Gasteiger partial charge in [-0.1, -0.05) is 0 Å². The quantitative estimate of drug-likeness (QED) is 0.737. The molecule has 0 aliphatic carbocycles. The topological polar surface area (TPSA) is 61.8 Å². The van der Waals surface area contributed by atoms with E-state index in [-0.39, 0.29) is 11.9 Å². The number of carbonyl (C=O) groups excluding carboxylic acids is 1. The maximum atomic E-state index is 11.9. The summed E-state index contributed by atoms with van der Waals surface area (Å²) in [5.41, 5.74) is -0.731. The largest absolute Gasteiger partial charge is 0.386 e. The van der Waals surface area contributed by atoms with Crippen LogP contribution in [0.5, 0.6) is 0 Å². The van der Waals surface area contributed by atoms with Crippen LogP contribution in [0.15, 0.2) is 0 Å². The lowest BCUT2D eigenvalue weighted by Crippen LogP contribution is -2.50. The molecule has 0 bridgehead atoms. The first kappa shape index (κ1) is 12.4. The fourth-order valence-electron chi connectivity index (χ4n) is 3.39. The van der Waals surface area contributed by atoms with E-state index in [0.29, 0.717) is 38.6 Å². The van der Waals surface area contributed by atoms with Crippen molar-refractivity contribution < 1.29 is 14.6 Å². The number of hydrogen-bond donors (Lipinski definition) is 2. The van der Waals surface area contributed by atoms with E-state index in [4.69, 9.17) is 4.74 Å². The van der Waals surface area contributed by atoms with Gasteiger partial charge in [0, 0.05) is 44.6 Å².